The van der Waals surface area contributed by atoms with Gasteiger partial charge in [-0.25, -0.2) is 0 Å². The van der Waals surface area contributed by atoms with E-state index < -0.39 is 0 Å². The van der Waals surface area contributed by atoms with E-state index in [0.717, 1.165) is 19.1 Å². The topological polar surface area (TPSA) is 32.5 Å². The zero-order valence-electron chi connectivity index (χ0n) is 10.9. The molecular formula is C13H27N3. The number of hydrogen-bond acceptors (Lipinski definition) is 3. The molecule has 94 valence electrons. The molecule has 2 aliphatic rings. The molecule has 2 aliphatic heterocycles. The SMILES string of the molecule is CC(C)(CN)CN1CCC(N2CCCC2)C1. The number of rotatable bonds is 4. The number of nitrogens with zero attached hydrogens (tertiary/aromatic N) is 2. The van der Waals surface area contributed by atoms with Crippen LogP contribution in [0.2, 0.25) is 0 Å². The minimum Gasteiger partial charge on any atom is -0.330 e. The highest BCUT2D eigenvalue weighted by Crippen LogP contribution is 2.23. The lowest BCUT2D eigenvalue weighted by atomic mass is 9.93. The molecule has 0 radical (unpaired) electrons. The van der Waals surface area contributed by atoms with Crippen LogP contribution in [0.3, 0.4) is 0 Å². The summed E-state index contributed by atoms with van der Waals surface area (Å²) < 4.78 is 0. The Morgan fingerprint density at radius 2 is 1.88 bits per heavy atom. The highest BCUT2D eigenvalue weighted by Gasteiger charge is 2.31. The number of likely N-dealkylation sites (tertiary alicyclic amines) is 2. The van der Waals surface area contributed by atoms with Crippen LogP contribution in [0.15, 0.2) is 0 Å². The molecule has 1 unspecified atom stereocenters. The highest BCUT2D eigenvalue weighted by molar-refractivity contribution is 4.87. The summed E-state index contributed by atoms with van der Waals surface area (Å²) in [5.41, 5.74) is 6.08. The van der Waals surface area contributed by atoms with Crippen LogP contribution >= 0.6 is 0 Å². The first kappa shape index (κ1) is 12.3. The van der Waals surface area contributed by atoms with E-state index in [0.29, 0.717) is 0 Å². The standard InChI is InChI=1S/C13H27N3/c1-13(2,10-14)11-15-8-5-12(9-15)16-6-3-4-7-16/h12H,3-11,14H2,1-2H3. The van der Waals surface area contributed by atoms with Gasteiger partial charge in [0.25, 0.3) is 0 Å². The summed E-state index contributed by atoms with van der Waals surface area (Å²) in [4.78, 5) is 5.30. The fourth-order valence-corrected chi connectivity index (χ4v) is 3.03. The van der Waals surface area contributed by atoms with E-state index in [1.54, 1.807) is 0 Å². The van der Waals surface area contributed by atoms with Crippen molar-refractivity contribution < 1.29 is 0 Å². The molecule has 3 nitrogen and oxygen atoms in total. The van der Waals surface area contributed by atoms with Gasteiger partial charge in [0.05, 0.1) is 0 Å². The molecular weight excluding hydrogens is 198 g/mol. The van der Waals surface area contributed by atoms with Crippen LogP contribution in [-0.4, -0.2) is 55.1 Å². The molecule has 1 atom stereocenters. The molecule has 16 heavy (non-hydrogen) atoms. The molecule has 0 bridgehead atoms. The molecule has 0 saturated carbocycles. The lowest BCUT2D eigenvalue weighted by molar-refractivity contribution is 0.189. The van der Waals surface area contributed by atoms with Crippen molar-refractivity contribution >= 4 is 0 Å². The van der Waals surface area contributed by atoms with Gasteiger partial charge in [-0.15, -0.1) is 0 Å². The van der Waals surface area contributed by atoms with Crippen molar-refractivity contribution in [2.24, 2.45) is 11.1 Å². The predicted octanol–water partition coefficient (Wildman–Crippen LogP) is 1.14. The summed E-state index contributed by atoms with van der Waals surface area (Å²) in [5.74, 6) is 0. The van der Waals surface area contributed by atoms with Crippen molar-refractivity contribution in [1.29, 1.82) is 0 Å². The minimum absolute atomic E-state index is 0.278. The third-order valence-electron chi connectivity index (χ3n) is 4.11. The van der Waals surface area contributed by atoms with Crippen LogP contribution in [0.1, 0.15) is 33.1 Å². The second-order valence-corrected chi connectivity index (χ2v) is 6.29. The Balaban J connectivity index is 1.79. The summed E-state index contributed by atoms with van der Waals surface area (Å²) >= 11 is 0. The monoisotopic (exact) mass is 225 g/mol. The Labute approximate surface area is 100.0 Å². The maximum Gasteiger partial charge on any atom is 0.0235 e. The van der Waals surface area contributed by atoms with Gasteiger partial charge >= 0.3 is 0 Å². The zero-order valence-corrected chi connectivity index (χ0v) is 10.9. The Morgan fingerprint density at radius 3 is 2.50 bits per heavy atom. The quantitative estimate of drug-likeness (QED) is 0.779. The summed E-state index contributed by atoms with van der Waals surface area (Å²) in [6, 6.07) is 0.830. The van der Waals surface area contributed by atoms with Crippen molar-refractivity contribution in [3.8, 4) is 0 Å². The van der Waals surface area contributed by atoms with Gasteiger partial charge in [-0.2, -0.15) is 0 Å². The molecule has 2 saturated heterocycles. The van der Waals surface area contributed by atoms with Gasteiger partial charge in [-0.1, -0.05) is 13.8 Å². The Kier molecular flexibility index (Phi) is 3.88. The third-order valence-corrected chi connectivity index (χ3v) is 4.11. The van der Waals surface area contributed by atoms with Gasteiger partial charge in [0.2, 0.25) is 0 Å². The third kappa shape index (κ3) is 2.96. The average Bonchev–Trinajstić information content (AvgIpc) is 2.86. The van der Waals surface area contributed by atoms with Gasteiger partial charge in [0.1, 0.15) is 0 Å². The van der Waals surface area contributed by atoms with Crippen LogP contribution in [0.5, 0.6) is 0 Å². The second-order valence-electron chi connectivity index (χ2n) is 6.29. The van der Waals surface area contributed by atoms with E-state index in [4.69, 9.17) is 5.73 Å². The molecule has 3 heteroatoms. The van der Waals surface area contributed by atoms with Gasteiger partial charge in [-0.05, 0) is 50.9 Å². The summed E-state index contributed by atoms with van der Waals surface area (Å²) in [5, 5.41) is 0. The van der Waals surface area contributed by atoms with Crippen molar-refractivity contribution in [2.75, 3.05) is 39.3 Å². The highest BCUT2D eigenvalue weighted by atomic mass is 15.3. The smallest absolute Gasteiger partial charge is 0.0235 e. The zero-order chi connectivity index (χ0) is 11.6. The molecule has 0 aromatic heterocycles. The summed E-state index contributed by atoms with van der Waals surface area (Å²) in [6.07, 6.45) is 4.18. The fourth-order valence-electron chi connectivity index (χ4n) is 3.03. The maximum absolute atomic E-state index is 5.80. The van der Waals surface area contributed by atoms with Crippen molar-refractivity contribution in [1.82, 2.24) is 9.80 Å². The fraction of sp³-hybridized carbons (Fsp3) is 1.00. The Morgan fingerprint density at radius 1 is 1.19 bits per heavy atom. The Hall–Kier alpha value is -0.120. The van der Waals surface area contributed by atoms with Gasteiger partial charge in [0, 0.05) is 19.1 Å². The molecule has 2 heterocycles. The summed E-state index contributed by atoms with van der Waals surface area (Å²) in [6.45, 7) is 11.7. The number of hydrogen-bond donors (Lipinski definition) is 1. The first-order valence-electron chi connectivity index (χ1n) is 6.77. The van der Waals surface area contributed by atoms with Crippen LogP contribution in [0.4, 0.5) is 0 Å². The van der Waals surface area contributed by atoms with Crippen molar-refractivity contribution in [3.63, 3.8) is 0 Å². The van der Waals surface area contributed by atoms with E-state index in [1.807, 2.05) is 0 Å². The molecule has 0 aromatic carbocycles. The second kappa shape index (κ2) is 5.03. The van der Waals surface area contributed by atoms with Crippen molar-refractivity contribution in [2.45, 2.75) is 39.2 Å². The van der Waals surface area contributed by atoms with Gasteiger partial charge in [0.15, 0.2) is 0 Å². The number of nitrogens with two attached hydrogens (primary N) is 1. The van der Waals surface area contributed by atoms with Gasteiger partial charge < -0.3 is 10.6 Å². The molecule has 0 aromatic rings. The van der Waals surface area contributed by atoms with Crippen molar-refractivity contribution in [3.05, 3.63) is 0 Å². The van der Waals surface area contributed by atoms with Crippen LogP contribution in [-0.2, 0) is 0 Å². The lowest BCUT2D eigenvalue weighted by Crippen LogP contribution is -2.40. The normalized spacial score (nSPS) is 29.1. The van der Waals surface area contributed by atoms with Crippen LogP contribution in [0.25, 0.3) is 0 Å². The first-order valence-corrected chi connectivity index (χ1v) is 6.77. The van der Waals surface area contributed by atoms with Crippen LogP contribution in [0, 0.1) is 5.41 Å². The van der Waals surface area contributed by atoms with E-state index >= 15 is 0 Å². The van der Waals surface area contributed by atoms with E-state index in [1.165, 1.54) is 45.4 Å². The molecule has 2 rings (SSSR count). The minimum atomic E-state index is 0.278. The van der Waals surface area contributed by atoms with E-state index in [9.17, 15) is 0 Å². The lowest BCUT2D eigenvalue weighted by Gasteiger charge is -2.30. The molecule has 2 N–H and O–H groups in total. The molecule has 2 fully saturated rings. The first-order chi connectivity index (χ1) is 7.61. The molecule has 0 spiro atoms. The average molecular weight is 225 g/mol. The van der Waals surface area contributed by atoms with Crippen LogP contribution < -0.4 is 5.73 Å². The summed E-state index contributed by atoms with van der Waals surface area (Å²) in [7, 11) is 0. The van der Waals surface area contributed by atoms with E-state index in [2.05, 4.69) is 23.6 Å². The molecule has 0 aliphatic carbocycles. The maximum atomic E-state index is 5.80. The Bertz CT molecular complexity index is 221. The molecule has 0 amide bonds. The predicted molar refractivity (Wildman–Crippen MR) is 68.5 cm³/mol. The largest absolute Gasteiger partial charge is 0.330 e. The van der Waals surface area contributed by atoms with E-state index in [-0.39, 0.29) is 5.41 Å². The van der Waals surface area contributed by atoms with Gasteiger partial charge in [-0.3, -0.25) is 4.90 Å².